The molecule has 27 heavy (non-hydrogen) atoms. The molecule has 0 saturated heterocycles. The highest BCUT2D eigenvalue weighted by atomic mass is 16.6. The van der Waals surface area contributed by atoms with Gasteiger partial charge in [-0.15, -0.1) is 0 Å². The summed E-state index contributed by atoms with van der Waals surface area (Å²) in [5, 5.41) is 2.41. The van der Waals surface area contributed by atoms with E-state index in [1.807, 2.05) is 13.8 Å². The van der Waals surface area contributed by atoms with Crippen LogP contribution in [-0.4, -0.2) is 57.2 Å². The largest absolute Gasteiger partial charge is 0.462 e. The van der Waals surface area contributed by atoms with Crippen LogP contribution in [0, 0.1) is 5.92 Å². The third-order valence-electron chi connectivity index (χ3n) is 3.64. The Bertz CT molecular complexity index is 860. The van der Waals surface area contributed by atoms with Crippen LogP contribution in [0.4, 0.5) is 5.95 Å². The number of nitrogens with one attached hydrogen (secondary N) is 2. The van der Waals surface area contributed by atoms with Crippen LogP contribution in [-0.2, 0) is 25.8 Å². The summed E-state index contributed by atoms with van der Waals surface area (Å²) < 4.78 is 11.8. The van der Waals surface area contributed by atoms with Crippen LogP contribution < -0.4 is 22.3 Å². The number of hydrogen-bond donors (Lipinski definition) is 4. The van der Waals surface area contributed by atoms with E-state index in [0.29, 0.717) is 0 Å². The van der Waals surface area contributed by atoms with Gasteiger partial charge in [0.15, 0.2) is 11.2 Å². The number of H-pyrrole nitrogens is 1. The number of imidazole rings is 1. The van der Waals surface area contributed by atoms with Crippen molar-refractivity contribution in [3.8, 4) is 0 Å². The molecule has 0 fully saturated rings. The number of rotatable bonds is 9. The Kier molecular flexibility index (Phi) is 6.85. The molecule has 1 amide bonds. The molecule has 0 bridgehead atoms. The monoisotopic (exact) mass is 381 g/mol. The Labute approximate surface area is 154 Å². The molecule has 0 unspecified atom stereocenters. The summed E-state index contributed by atoms with van der Waals surface area (Å²) in [6, 6.07) is -0.680. The highest BCUT2D eigenvalue weighted by Crippen LogP contribution is 2.06. The van der Waals surface area contributed by atoms with Crippen molar-refractivity contribution >= 4 is 29.0 Å². The number of nitrogens with two attached hydrogens (primary N) is 2. The van der Waals surface area contributed by atoms with E-state index >= 15 is 0 Å². The summed E-state index contributed by atoms with van der Waals surface area (Å²) in [7, 11) is 0. The molecule has 2 rings (SSSR count). The molecule has 2 heterocycles. The van der Waals surface area contributed by atoms with Crippen molar-refractivity contribution in [3.05, 3.63) is 16.7 Å². The average molecular weight is 381 g/mol. The van der Waals surface area contributed by atoms with Gasteiger partial charge < -0.3 is 26.3 Å². The van der Waals surface area contributed by atoms with E-state index in [1.165, 1.54) is 10.9 Å². The number of aromatic nitrogens is 4. The number of anilines is 1. The maximum Gasteiger partial charge on any atom is 0.325 e. The molecule has 2 aromatic rings. The number of ether oxygens (including phenoxy) is 2. The molecule has 0 saturated carbocycles. The number of aromatic amines is 1. The lowest BCUT2D eigenvalue weighted by molar-refractivity contribution is -0.145. The second-order valence-corrected chi connectivity index (χ2v) is 6.08. The molecular formula is C15H23N7O5. The average Bonchev–Trinajstić information content (AvgIpc) is 3.01. The number of nitrogens with zero attached hydrogens (tertiary/aromatic N) is 3. The van der Waals surface area contributed by atoms with Crippen molar-refractivity contribution < 1.29 is 19.1 Å². The van der Waals surface area contributed by atoms with Gasteiger partial charge in [0.25, 0.3) is 5.56 Å². The third kappa shape index (κ3) is 5.49. The molecule has 0 aliphatic heterocycles. The molecule has 12 nitrogen and oxygen atoms in total. The lowest BCUT2D eigenvalue weighted by Crippen LogP contribution is -2.45. The summed E-state index contributed by atoms with van der Waals surface area (Å²) in [5.74, 6) is -1.07. The maximum atomic E-state index is 11.7. The van der Waals surface area contributed by atoms with Crippen molar-refractivity contribution in [2.24, 2.45) is 11.7 Å². The summed E-state index contributed by atoms with van der Waals surface area (Å²) in [4.78, 5) is 45.2. The molecule has 0 radical (unpaired) electrons. The van der Waals surface area contributed by atoms with Gasteiger partial charge in [0, 0.05) is 0 Å². The Morgan fingerprint density at radius 3 is 2.81 bits per heavy atom. The first-order valence-electron chi connectivity index (χ1n) is 8.27. The molecular weight excluding hydrogens is 358 g/mol. The van der Waals surface area contributed by atoms with Gasteiger partial charge in [-0.1, -0.05) is 13.8 Å². The van der Waals surface area contributed by atoms with E-state index in [2.05, 4.69) is 20.3 Å². The van der Waals surface area contributed by atoms with Gasteiger partial charge in [0.2, 0.25) is 11.9 Å². The zero-order valence-corrected chi connectivity index (χ0v) is 15.1. The molecule has 0 aliphatic carbocycles. The van der Waals surface area contributed by atoms with Crippen LogP contribution in [0.2, 0.25) is 0 Å². The molecule has 0 aliphatic rings. The smallest absolute Gasteiger partial charge is 0.325 e. The highest BCUT2D eigenvalue weighted by Gasteiger charge is 2.17. The van der Waals surface area contributed by atoms with Gasteiger partial charge in [-0.05, 0) is 5.92 Å². The number of carbonyl (C=O) groups excluding carboxylic acids is 2. The van der Waals surface area contributed by atoms with E-state index in [-0.39, 0.29) is 49.5 Å². The van der Waals surface area contributed by atoms with E-state index < -0.39 is 23.5 Å². The van der Waals surface area contributed by atoms with E-state index in [4.69, 9.17) is 20.9 Å². The fourth-order valence-corrected chi connectivity index (χ4v) is 2.07. The quantitative estimate of drug-likeness (QED) is 0.291. The third-order valence-corrected chi connectivity index (χ3v) is 3.64. The normalized spacial score (nSPS) is 12.3. The first-order valence-corrected chi connectivity index (χ1v) is 8.27. The van der Waals surface area contributed by atoms with E-state index in [0.717, 1.165) is 0 Å². The molecule has 6 N–H and O–H groups in total. The predicted octanol–water partition coefficient (Wildman–Crippen LogP) is -1.68. The SMILES string of the molecule is CC(C)[C@H](N)C(=O)NCC(=O)OCCOCn1cnc2c(=O)[nH]c(N)nc21. The number of nitrogen functional groups attached to an aromatic ring is 1. The van der Waals surface area contributed by atoms with Gasteiger partial charge in [-0.2, -0.15) is 4.98 Å². The Balaban J connectivity index is 1.70. The zero-order valence-electron chi connectivity index (χ0n) is 15.1. The zero-order chi connectivity index (χ0) is 20.0. The number of carbonyl (C=O) groups is 2. The Morgan fingerprint density at radius 1 is 1.37 bits per heavy atom. The number of amides is 1. The number of esters is 1. The second-order valence-electron chi connectivity index (χ2n) is 6.08. The van der Waals surface area contributed by atoms with Crippen molar-refractivity contribution in [2.45, 2.75) is 26.6 Å². The first kappa shape index (κ1) is 20.3. The fourth-order valence-electron chi connectivity index (χ4n) is 2.07. The Morgan fingerprint density at radius 2 is 2.11 bits per heavy atom. The standard InChI is InChI=1S/C15H23N7O5/c1-8(2)10(16)13(24)18-5-9(23)27-4-3-26-7-22-6-19-11-12(22)20-15(17)21-14(11)25/h6,8,10H,3-5,7,16H2,1-2H3,(H,18,24)(H3,17,20,21,25)/t10-/m0/s1. The van der Waals surface area contributed by atoms with Crippen molar-refractivity contribution in [3.63, 3.8) is 0 Å². The van der Waals surface area contributed by atoms with Crippen LogP contribution in [0.5, 0.6) is 0 Å². The van der Waals surface area contributed by atoms with Crippen LogP contribution in [0.1, 0.15) is 13.8 Å². The van der Waals surface area contributed by atoms with Gasteiger partial charge in [-0.3, -0.25) is 23.9 Å². The van der Waals surface area contributed by atoms with Gasteiger partial charge >= 0.3 is 5.97 Å². The van der Waals surface area contributed by atoms with Crippen LogP contribution in [0.3, 0.4) is 0 Å². The minimum Gasteiger partial charge on any atom is -0.462 e. The van der Waals surface area contributed by atoms with Crippen LogP contribution in [0.25, 0.3) is 11.2 Å². The molecule has 12 heteroatoms. The minimum atomic E-state index is -0.680. The van der Waals surface area contributed by atoms with Crippen molar-refractivity contribution in [1.29, 1.82) is 0 Å². The summed E-state index contributed by atoms with van der Waals surface area (Å²) in [5.41, 5.74) is 11.2. The van der Waals surface area contributed by atoms with Crippen molar-refractivity contribution in [2.75, 3.05) is 25.5 Å². The first-order chi connectivity index (χ1) is 12.8. The molecule has 1 atom stereocenters. The van der Waals surface area contributed by atoms with Gasteiger partial charge in [0.1, 0.15) is 19.9 Å². The second kappa shape index (κ2) is 9.09. The predicted molar refractivity (Wildman–Crippen MR) is 95.3 cm³/mol. The lowest BCUT2D eigenvalue weighted by atomic mass is 10.1. The summed E-state index contributed by atoms with van der Waals surface area (Å²) >= 11 is 0. The lowest BCUT2D eigenvalue weighted by Gasteiger charge is -2.14. The van der Waals surface area contributed by atoms with E-state index in [1.54, 1.807) is 0 Å². The molecule has 0 aromatic carbocycles. The number of fused-ring (bicyclic) bond motifs is 1. The van der Waals surface area contributed by atoms with Crippen LogP contribution >= 0.6 is 0 Å². The number of hydrogen-bond acceptors (Lipinski definition) is 9. The maximum absolute atomic E-state index is 11.7. The molecule has 148 valence electrons. The molecule has 2 aromatic heterocycles. The fraction of sp³-hybridized carbons (Fsp3) is 0.533. The summed E-state index contributed by atoms with van der Waals surface area (Å²) in [6.45, 7) is 3.49. The van der Waals surface area contributed by atoms with E-state index in [9.17, 15) is 14.4 Å². The van der Waals surface area contributed by atoms with Gasteiger partial charge in [0.05, 0.1) is 19.0 Å². The summed E-state index contributed by atoms with van der Waals surface area (Å²) in [6.07, 6.45) is 1.39. The Hall–Kier alpha value is -2.99. The minimum absolute atomic E-state index is 0.00623. The molecule has 0 spiro atoms. The van der Waals surface area contributed by atoms with Crippen molar-refractivity contribution in [1.82, 2.24) is 24.8 Å². The highest BCUT2D eigenvalue weighted by molar-refractivity contribution is 5.85. The topological polar surface area (TPSA) is 180 Å². The van der Waals surface area contributed by atoms with Gasteiger partial charge in [-0.25, -0.2) is 4.98 Å². The van der Waals surface area contributed by atoms with Crippen LogP contribution in [0.15, 0.2) is 11.1 Å².